The van der Waals surface area contributed by atoms with E-state index >= 15 is 0 Å². The Kier molecular flexibility index (Phi) is 7.72. The van der Waals surface area contributed by atoms with E-state index in [4.69, 9.17) is 10.5 Å². The Balaban J connectivity index is 1.25. The van der Waals surface area contributed by atoms with Gasteiger partial charge in [0.05, 0.1) is 18.7 Å². The quantitative estimate of drug-likeness (QED) is 0.118. The molecule has 8 nitrogen and oxygen atoms in total. The van der Waals surface area contributed by atoms with Crippen molar-refractivity contribution in [3.63, 3.8) is 0 Å². The Labute approximate surface area is 231 Å². The van der Waals surface area contributed by atoms with E-state index in [1.807, 2.05) is 48.5 Å². The van der Waals surface area contributed by atoms with Gasteiger partial charge in [-0.05, 0) is 83.2 Å². The molecule has 0 spiro atoms. The van der Waals surface area contributed by atoms with Crippen LogP contribution >= 0.6 is 0 Å². The fraction of sp³-hybridized carbons (Fsp3) is 0.156. The van der Waals surface area contributed by atoms with E-state index in [0.29, 0.717) is 41.7 Å². The highest BCUT2D eigenvalue weighted by atomic mass is 16.5. The second kappa shape index (κ2) is 11.5. The lowest BCUT2D eigenvalue weighted by atomic mass is 9.96. The van der Waals surface area contributed by atoms with Crippen molar-refractivity contribution in [2.45, 2.75) is 12.5 Å². The molecule has 0 fully saturated rings. The zero-order valence-electron chi connectivity index (χ0n) is 22.0. The Morgan fingerprint density at radius 2 is 1.62 bits per heavy atom. The molecule has 204 valence electrons. The maximum atomic E-state index is 11.6. The molecule has 0 radical (unpaired) electrons. The smallest absolute Gasteiger partial charge is 0.248 e. The summed E-state index contributed by atoms with van der Waals surface area (Å²) in [5.41, 5.74) is 12.5. The first-order chi connectivity index (χ1) is 19.3. The number of aromatic hydroxyl groups is 2. The number of phenolic OH excluding ortho intramolecular Hbond substituents is 2. The van der Waals surface area contributed by atoms with Gasteiger partial charge in [0.1, 0.15) is 17.2 Å². The Morgan fingerprint density at radius 3 is 2.38 bits per heavy atom. The largest absolute Gasteiger partial charge is 0.508 e. The minimum absolute atomic E-state index is 0.0400. The first-order valence-corrected chi connectivity index (χ1v) is 12.9. The summed E-state index contributed by atoms with van der Waals surface area (Å²) in [7, 11) is 1.63. The van der Waals surface area contributed by atoms with Gasteiger partial charge in [0, 0.05) is 29.2 Å². The van der Waals surface area contributed by atoms with Gasteiger partial charge in [0.25, 0.3) is 0 Å². The SMILES string of the molecule is COc1ccc(-c2ccc(CCNC[C@H](O)c3ccc(O)c4[nH]c(=O)ccc34)c(N)c2)cc1-c1ccc(O)cc1. The molecule has 0 bridgehead atoms. The van der Waals surface area contributed by atoms with E-state index < -0.39 is 6.10 Å². The lowest BCUT2D eigenvalue weighted by Gasteiger charge is -2.16. The first-order valence-electron chi connectivity index (χ1n) is 12.9. The van der Waals surface area contributed by atoms with Gasteiger partial charge in [-0.2, -0.15) is 0 Å². The summed E-state index contributed by atoms with van der Waals surface area (Å²) in [6.45, 7) is 0.893. The normalized spacial score (nSPS) is 11.9. The van der Waals surface area contributed by atoms with Crippen molar-refractivity contribution in [3.8, 4) is 39.5 Å². The molecular formula is C32H31N3O5. The van der Waals surface area contributed by atoms with Crippen LogP contribution in [0, 0.1) is 0 Å². The summed E-state index contributed by atoms with van der Waals surface area (Å²) in [6, 6.07) is 25.1. The van der Waals surface area contributed by atoms with E-state index in [0.717, 1.165) is 33.6 Å². The monoisotopic (exact) mass is 537 g/mol. The maximum absolute atomic E-state index is 11.6. The molecule has 0 aliphatic rings. The molecule has 1 atom stereocenters. The van der Waals surface area contributed by atoms with Gasteiger partial charge < -0.3 is 36.1 Å². The molecule has 1 heterocycles. The van der Waals surface area contributed by atoms with Crippen LogP contribution in [0.3, 0.4) is 0 Å². The minimum atomic E-state index is -0.827. The number of anilines is 1. The number of hydrogen-bond donors (Lipinski definition) is 6. The summed E-state index contributed by atoms with van der Waals surface area (Å²) < 4.78 is 5.56. The third kappa shape index (κ3) is 5.63. The van der Waals surface area contributed by atoms with Crippen LogP contribution < -0.4 is 21.3 Å². The van der Waals surface area contributed by atoms with Crippen molar-refractivity contribution in [1.82, 2.24) is 10.3 Å². The van der Waals surface area contributed by atoms with E-state index in [2.05, 4.69) is 10.3 Å². The Bertz CT molecular complexity index is 1710. The number of nitrogen functional groups attached to an aromatic ring is 1. The highest BCUT2D eigenvalue weighted by molar-refractivity contribution is 5.87. The number of H-pyrrole nitrogens is 1. The third-order valence-corrected chi connectivity index (χ3v) is 7.03. The zero-order valence-corrected chi connectivity index (χ0v) is 22.0. The summed E-state index contributed by atoms with van der Waals surface area (Å²) >= 11 is 0. The van der Waals surface area contributed by atoms with Crippen molar-refractivity contribution in [3.05, 3.63) is 106 Å². The number of fused-ring (bicyclic) bond motifs is 1. The van der Waals surface area contributed by atoms with Crippen LogP contribution in [-0.2, 0) is 6.42 Å². The van der Waals surface area contributed by atoms with Crippen molar-refractivity contribution in [2.75, 3.05) is 25.9 Å². The average Bonchev–Trinajstić information content (AvgIpc) is 2.96. The van der Waals surface area contributed by atoms with Crippen LogP contribution in [0.25, 0.3) is 33.2 Å². The highest BCUT2D eigenvalue weighted by Crippen LogP contribution is 2.36. The van der Waals surface area contributed by atoms with Crippen molar-refractivity contribution in [1.29, 1.82) is 0 Å². The number of nitrogens with one attached hydrogen (secondary N) is 2. The number of aliphatic hydroxyl groups is 1. The van der Waals surface area contributed by atoms with Crippen LogP contribution in [0.15, 0.2) is 89.7 Å². The van der Waals surface area contributed by atoms with Crippen molar-refractivity contribution >= 4 is 16.6 Å². The lowest BCUT2D eigenvalue weighted by Crippen LogP contribution is -2.24. The highest BCUT2D eigenvalue weighted by Gasteiger charge is 2.14. The Morgan fingerprint density at radius 1 is 0.900 bits per heavy atom. The number of pyridine rings is 1. The van der Waals surface area contributed by atoms with Crippen LogP contribution in [0.2, 0.25) is 0 Å². The summed E-state index contributed by atoms with van der Waals surface area (Å²) in [4.78, 5) is 14.3. The molecular weight excluding hydrogens is 506 g/mol. The van der Waals surface area contributed by atoms with Crippen LogP contribution in [0.4, 0.5) is 5.69 Å². The zero-order chi connectivity index (χ0) is 28.2. The van der Waals surface area contributed by atoms with Gasteiger partial charge in [-0.3, -0.25) is 4.79 Å². The Hall–Kier alpha value is -4.79. The molecule has 7 N–H and O–H groups in total. The van der Waals surface area contributed by atoms with Crippen LogP contribution in [0.1, 0.15) is 17.2 Å². The standard InChI is InChI=1S/C32H31N3O5/c1-40-30-12-6-21(16-26(30)19-4-7-23(36)8-5-19)22-3-2-20(27(33)17-22)14-15-34-18-29(38)24-9-11-28(37)32-25(24)10-13-31(39)35-32/h2-13,16-17,29,34,36-38H,14-15,18,33H2,1H3,(H,35,39)/t29-/m0/s1. The van der Waals surface area contributed by atoms with Crippen LogP contribution in [0.5, 0.6) is 17.2 Å². The van der Waals surface area contributed by atoms with Gasteiger partial charge >= 0.3 is 0 Å². The third-order valence-electron chi connectivity index (χ3n) is 7.03. The summed E-state index contributed by atoms with van der Waals surface area (Å²) in [5.74, 6) is 0.903. The molecule has 5 rings (SSSR count). The molecule has 4 aromatic carbocycles. The molecule has 0 unspecified atom stereocenters. The summed E-state index contributed by atoms with van der Waals surface area (Å²) in [5, 5.41) is 34.3. The molecule has 0 amide bonds. The lowest BCUT2D eigenvalue weighted by molar-refractivity contribution is 0.176. The number of aliphatic hydroxyl groups excluding tert-OH is 1. The predicted octanol–water partition coefficient (Wildman–Crippen LogP) is 4.73. The second-order valence-electron chi connectivity index (χ2n) is 9.63. The molecule has 5 aromatic rings. The predicted molar refractivity (Wildman–Crippen MR) is 158 cm³/mol. The van der Waals surface area contributed by atoms with E-state index in [1.54, 1.807) is 31.4 Å². The van der Waals surface area contributed by atoms with Gasteiger partial charge in [0.15, 0.2) is 0 Å². The van der Waals surface area contributed by atoms with Crippen molar-refractivity contribution < 1.29 is 20.1 Å². The molecule has 8 heteroatoms. The number of aromatic amines is 1. The second-order valence-corrected chi connectivity index (χ2v) is 9.63. The number of methoxy groups -OCH3 is 1. The number of phenols is 2. The topological polar surface area (TPSA) is 141 Å². The molecule has 0 aliphatic heterocycles. The van der Waals surface area contributed by atoms with E-state index in [-0.39, 0.29) is 17.1 Å². The molecule has 40 heavy (non-hydrogen) atoms. The van der Waals surface area contributed by atoms with E-state index in [9.17, 15) is 20.1 Å². The number of aromatic nitrogens is 1. The molecule has 0 saturated heterocycles. The van der Waals surface area contributed by atoms with E-state index in [1.165, 1.54) is 12.1 Å². The average molecular weight is 538 g/mol. The van der Waals surface area contributed by atoms with Gasteiger partial charge in [-0.15, -0.1) is 0 Å². The number of hydrogen-bond acceptors (Lipinski definition) is 7. The maximum Gasteiger partial charge on any atom is 0.248 e. The number of benzene rings is 4. The molecule has 0 aliphatic carbocycles. The minimum Gasteiger partial charge on any atom is -0.508 e. The number of ether oxygens (including phenoxy) is 1. The first kappa shape index (κ1) is 26.8. The van der Waals surface area contributed by atoms with Gasteiger partial charge in [0.2, 0.25) is 5.56 Å². The van der Waals surface area contributed by atoms with Gasteiger partial charge in [-0.25, -0.2) is 0 Å². The molecule has 0 saturated carbocycles. The number of rotatable bonds is 9. The number of nitrogens with two attached hydrogens (primary N) is 1. The fourth-order valence-corrected chi connectivity index (χ4v) is 4.88. The van der Waals surface area contributed by atoms with Gasteiger partial charge in [-0.1, -0.05) is 36.4 Å². The summed E-state index contributed by atoms with van der Waals surface area (Å²) in [6.07, 6.45) is -0.157. The van der Waals surface area contributed by atoms with Crippen molar-refractivity contribution in [2.24, 2.45) is 0 Å². The van der Waals surface area contributed by atoms with Crippen LogP contribution in [-0.4, -0.2) is 40.5 Å². The molecule has 1 aromatic heterocycles. The fourth-order valence-electron chi connectivity index (χ4n) is 4.88.